The molecule has 2 atom stereocenters. The molecule has 0 radical (unpaired) electrons. The lowest BCUT2D eigenvalue weighted by Gasteiger charge is -2.27. The minimum atomic E-state index is -0.784. The number of carboxylic acid groups (broad SMARTS) is 1. The Bertz CT molecular complexity index is 160. The van der Waals surface area contributed by atoms with Gasteiger partial charge in [0.1, 0.15) is 0 Å². The minimum absolute atomic E-state index is 0.120. The highest BCUT2D eigenvalue weighted by Gasteiger charge is 2.22. The molecule has 4 heteroatoms. The zero-order valence-electron chi connectivity index (χ0n) is 6.99. The van der Waals surface area contributed by atoms with Crippen LogP contribution in [0.5, 0.6) is 0 Å². The summed E-state index contributed by atoms with van der Waals surface area (Å²) in [7, 11) is 0. The quantitative estimate of drug-likeness (QED) is 0.554. The lowest BCUT2D eigenvalue weighted by atomic mass is 9.92. The van der Waals surface area contributed by atoms with E-state index in [9.17, 15) is 9.90 Å². The average molecular weight is 173 g/mol. The van der Waals surface area contributed by atoms with Gasteiger partial charge in [0.2, 0.25) is 0 Å². The zero-order chi connectivity index (χ0) is 8.97. The van der Waals surface area contributed by atoms with Crippen molar-refractivity contribution in [2.75, 3.05) is 13.1 Å². The molecule has 0 spiro atoms. The second kappa shape index (κ2) is 4.42. The highest BCUT2D eigenvalue weighted by atomic mass is 16.4. The third kappa shape index (κ3) is 2.79. The Balaban J connectivity index is 2.24. The highest BCUT2D eigenvalue weighted by Crippen LogP contribution is 2.16. The number of rotatable bonds is 3. The Morgan fingerprint density at radius 1 is 1.58 bits per heavy atom. The molecule has 0 aliphatic carbocycles. The smallest absolute Gasteiger partial charge is 0.303 e. The first kappa shape index (κ1) is 9.48. The topological polar surface area (TPSA) is 69.6 Å². The van der Waals surface area contributed by atoms with Gasteiger partial charge in [0.25, 0.3) is 0 Å². The van der Waals surface area contributed by atoms with Crippen LogP contribution >= 0.6 is 0 Å². The number of hydrogen-bond donors (Lipinski definition) is 3. The van der Waals surface area contributed by atoms with Gasteiger partial charge in [0, 0.05) is 13.0 Å². The molecule has 1 fully saturated rings. The van der Waals surface area contributed by atoms with Crippen LogP contribution in [0.15, 0.2) is 0 Å². The van der Waals surface area contributed by atoms with Gasteiger partial charge in [-0.2, -0.15) is 0 Å². The summed E-state index contributed by atoms with van der Waals surface area (Å²) in [6.07, 6.45) is 1.16. The molecular formula is C8H15NO3. The molecule has 70 valence electrons. The summed E-state index contributed by atoms with van der Waals surface area (Å²) >= 11 is 0. The van der Waals surface area contributed by atoms with Crippen LogP contribution in [0.3, 0.4) is 0 Å². The number of nitrogens with one attached hydrogen (secondary N) is 1. The van der Waals surface area contributed by atoms with E-state index in [4.69, 9.17) is 5.11 Å². The number of aliphatic hydroxyl groups is 1. The second-order valence-corrected chi connectivity index (χ2v) is 3.25. The summed E-state index contributed by atoms with van der Waals surface area (Å²) in [5.74, 6) is -0.664. The minimum Gasteiger partial charge on any atom is -0.481 e. The fourth-order valence-corrected chi connectivity index (χ4v) is 1.51. The average Bonchev–Trinajstić information content (AvgIpc) is 2.03. The Morgan fingerprint density at radius 2 is 2.33 bits per heavy atom. The summed E-state index contributed by atoms with van der Waals surface area (Å²) < 4.78 is 0. The van der Waals surface area contributed by atoms with Crippen molar-refractivity contribution in [2.24, 2.45) is 5.92 Å². The first-order chi connectivity index (χ1) is 5.70. The van der Waals surface area contributed by atoms with Gasteiger partial charge < -0.3 is 15.5 Å². The Labute approximate surface area is 71.6 Å². The summed E-state index contributed by atoms with van der Waals surface area (Å²) in [5.41, 5.74) is 0. The second-order valence-electron chi connectivity index (χ2n) is 3.25. The predicted molar refractivity (Wildman–Crippen MR) is 43.9 cm³/mol. The van der Waals surface area contributed by atoms with Gasteiger partial charge in [-0.25, -0.2) is 0 Å². The van der Waals surface area contributed by atoms with E-state index in [2.05, 4.69) is 5.32 Å². The predicted octanol–water partition coefficient (Wildman–Crippen LogP) is -0.178. The van der Waals surface area contributed by atoms with Crippen molar-refractivity contribution in [3.8, 4) is 0 Å². The van der Waals surface area contributed by atoms with Gasteiger partial charge in [0.05, 0.1) is 6.10 Å². The number of carboxylic acids is 1. The monoisotopic (exact) mass is 173 g/mol. The SMILES string of the molecule is O=C(O)CC[C@H]1CNCC[C@H]1O. The van der Waals surface area contributed by atoms with Crippen molar-refractivity contribution in [1.82, 2.24) is 5.32 Å². The van der Waals surface area contributed by atoms with E-state index in [0.717, 1.165) is 19.5 Å². The van der Waals surface area contributed by atoms with Crippen molar-refractivity contribution < 1.29 is 15.0 Å². The molecule has 3 N–H and O–H groups in total. The standard InChI is InChI=1S/C8H15NO3/c10-7-3-4-9-5-6(7)1-2-8(11)12/h6-7,9-10H,1-5H2,(H,11,12)/t6-,7+/m0/s1. The molecule has 0 aromatic carbocycles. The van der Waals surface area contributed by atoms with E-state index >= 15 is 0 Å². The molecule has 0 amide bonds. The van der Waals surface area contributed by atoms with Crippen LogP contribution in [0.1, 0.15) is 19.3 Å². The molecule has 1 saturated heterocycles. The van der Waals surface area contributed by atoms with Crippen molar-refractivity contribution in [2.45, 2.75) is 25.4 Å². The first-order valence-corrected chi connectivity index (χ1v) is 4.30. The molecule has 1 aliphatic rings. The molecule has 0 aromatic rings. The van der Waals surface area contributed by atoms with E-state index < -0.39 is 5.97 Å². The molecular weight excluding hydrogens is 158 g/mol. The van der Waals surface area contributed by atoms with Crippen LogP contribution in [0, 0.1) is 5.92 Å². The van der Waals surface area contributed by atoms with Crippen LogP contribution in [0.2, 0.25) is 0 Å². The van der Waals surface area contributed by atoms with Gasteiger partial charge in [-0.3, -0.25) is 4.79 Å². The van der Waals surface area contributed by atoms with Gasteiger partial charge >= 0.3 is 5.97 Å². The molecule has 0 unspecified atom stereocenters. The summed E-state index contributed by atoms with van der Waals surface area (Å²) in [5, 5.41) is 21.0. The molecule has 0 saturated carbocycles. The lowest BCUT2D eigenvalue weighted by molar-refractivity contribution is -0.137. The van der Waals surface area contributed by atoms with E-state index in [1.54, 1.807) is 0 Å². The first-order valence-electron chi connectivity index (χ1n) is 4.30. The number of carbonyl (C=O) groups is 1. The Kier molecular flexibility index (Phi) is 3.49. The van der Waals surface area contributed by atoms with Crippen molar-refractivity contribution >= 4 is 5.97 Å². The van der Waals surface area contributed by atoms with Crippen molar-refractivity contribution in [3.63, 3.8) is 0 Å². The summed E-state index contributed by atoms with van der Waals surface area (Å²) in [6.45, 7) is 1.58. The molecule has 1 aliphatic heterocycles. The maximum absolute atomic E-state index is 10.2. The van der Waals surface area contributed by atoms with Crippen LogP contribution < -0.4 is 5.32 Å². The van der Waals surface area contributed by atoms with E-state index in [-0.39, 0.29) is 18.4 Å². The third-order valence-corrected chi connectivity index (χ3v) is 2.30. The van der Waals surface area contributed by atoms with Crippen LogP contribution in [0.25, 0.3) is 0 Å². The largest absolute Gasteiger partial charge is 0.481 e. The summed E-state index contributed by atoms with van der Waals surface area (Å²) in [4.78, 5) is 10.2. The number of aliphatic carboxylic acids is 1. The summed E-state index contributed by atoms with van der Waals surface area (Å²) in [6, 6.07) is 0. The fraction of sp³-hybridized carbons (Fsp3) is 0.875. The number of aliphatic hydroxyl groups excluding tert-OH is 1. The maximum atomic E-state index is 10.2. The third-order valence-electron chi connectivity index (χ3n) is 2.30. The Morgan fingerprint density at radius 3 is 2.92 bits per heavy atom. The lowest BCUT2D eigenvalue weighted by Crippen LogP contribution is -2.39. The highest BCUT2D eigenvalue weighted by molar-refractivity contribution is 5.66. The number of piperidine rings is 1. The Hall–Kier alpha value is -0.610. The van der Waals surface area contributed by atoms with Crippen LogP contribution in [-0.2, 0) is 4.79 Å². The molecule has 4 nitrogen and oxygen atoms in total. The van der Waals surface area contributed by atoms with Gasteiger partial charge in [-0.1, -0.05) is 0 Å². The molecule has 0 bridgehead atoms. The normalized spacial score (nSPS) is 30.1. The molecule has 1 heterocycles. The van der Waals surface area contributed by atoms with E-state index in [1.807, 2.05) is 0 Å². The van der Waals surface area contributed by atoms with Gasteiger partial charge in [-0.15, -0.1) is 0 Å². The van der Waals surface area contributed by atoms with E-state index in [1.165, 1.54) is 0 Å². The zero-order valence-corrected chi connectivity index (χ0v) is 6.99. The molecule has 12 heavy (non-hydrogen) atoms. The van der Waals surface area contributed by atoms with Gasteiger partial charge in [-0.05, 0) is 25.3 Å². The number of hydrogen-bond acceptors (Lipinski definition) is 3. The molecule has 1 rings (SSSR count). The van der Waals surface area contributed by atoms with Crippen molar-refractivity contribution in [1.29, 1.82) is 0 Å². The molecule has 0 aromatic heterocycles. The van der Waals surface area contributed by atoms with Gasteiger partial charge in [0.15, 0.2) is 0 Å². The van der Waals surface area contributed by atoms with Crippen LogP contribution in [-0.4, -0.2) is 35.4 Å². The van der Waals surface area contributed by atoms with Crippen molar-refractivity contribution in [3.05, 3.63) is 0 Å². The van der Waals surface area contributed by atoms with E-state index in [0.29, 0.717) is 6.42 Å². The fourth-order valence-electron chi connectivity index (χ4n) is 1.51. The van der Waals surface area contributed by atoms with Crippen LogP contribution in [0.4, 0.5) is 0 Å². The maximum Gasteiger partial charge on any atom is 0.303 e.